The topological polar surface area (TPSA) is 116 Å². The molecule has 0 bridgehead atoms. The number of ketones is 3. The highest BCUT2D eigenvalue weighted by atomic mass is 16.6. The summed E-state index contributed by atoms with van der Waals surface area (Å²) in [6, 6.07) is 6.27. The molecule has 7 saturated carbocycles. The Bertz CT molecular complexity index is 2380. The third kappa shape index (κ3) is 21.4. The van der Waals surface area contributed by atoms with Crippen molar-refractivity contribution in [2.75, 3.05) is 79.8 Å². The van der Waals surface area contributed by atoms with Gasteiger partial charge in [-0.05, 0) is 225 Å². The zero-order valence-corrected chi connectivity index (χ0v) is 62.8. The van der Waals surface area contributed by atoms with Crippen molar-refractivity contribution in [3.05, 3.63) is 29.3 Å². The lowest BCUT2D eigenvalue weighted by Gasteiger charge is -2.55. The van der Waals surface area contributed by atoms with E-state index < -0.39 is 0 Å². The molecule has 8 rings (SSSR count). The summed E-state index contributed by atoms with van der Waals surface area (Å²) in [6.45, 7) is 38.1. The molecule has 0 amide bonds. The molecule has 10 nitrogen and oxygen atoms in total. The first-order valence-electron chi connectivity index (χ1n) is 39.9. The largest absolute Gasteiger partial charge is 0.496 e. The van der Waals surface area contributed by atoms with Gasteiger partial charge in [0.15, 0.2) is 5.78 Å². The van der Waals surface area contributed by atoms with Crippen molar-refractivity contribution in [3.63, 3.8) is 0 Å². The summed E-state index contributed by atoms with van der Waals surface area (Å²) in [5.41, 5.74) is 2.61. The van der Waals surface area contributed by atoms with Gasteiger partial charge < -0.3 is 33.2 Å². The summed E-state index contributed by atoms with van der Waals surface area (Å²) >= 11 is 0. The lowest BCUT2D eigenvalue weighted by Crippen LogP contribution is -2.49. The van der Waals surface area contributed by atoms with E-state index in [1.54, 1.807) is 7.11 Å². The maximum absolute atomic E-state index is 14.4. The molecule has 0 N–H and O–H groups in total. The van der Waals surface area contributed by atoms with Crippen LogP contribution in [0.1, 0.15) is 273 Å². The zero-order valence-electron chi connectivity index (χ0n) is 62.8. The van der Waals surface area contributed by atoms with Crippen LogP contribution < -0.4 is 4.74 Å². The Kier molecular flexibility index (Phi) is 31.3. The Balaban J connectivity index is 0.656. The lowest BCUT2D eigenvalue weighted by molar-refractivity contribution is -0.131. The average molecular weight is 1310 g/mol. The maximum Gasteiger partial charge on any atom is 0.163 e. The molecule has 1 aromatic rings. The molecule has 7 fully saturated rings. The third-order valence-corrected chi connectivity index (χ3v) is 27.2. The summed E-state index contributed by atoms with van der Waals surface area (Å²) in [7, 11) is 1.77. The molecule has 1 aromatic carbocycles. The van der Waals surface area contributed by atoms with Gasteiger partial charge >= 0.3 is 0 Å². The number of methoxy groups -OCH3 is 1. The van der Waals surface area contributed by atoms with Gasteiger partial charge in [0.25, 0.3) is 0 Å². The van der Waals surface area contributed by atoms with E-state index in [1.165, 1.54) is 115 Å². The van der Waals surface area contributed by atoms with Gasteiger partial charge in [0, 0.05) is 43.3 Å². The summed E-state index contributed by atoms with van der Waals surface area (Å²) in [5.74, 6) is 14.2. The fourth-order valence-corrected chi connectivity index (χ4v) is 22.2. The van der Waals surface area contributed by atoms with Gasteiger partial charge in [-0.1, -0.05) is 160 Å². The molecular weight excluding hydrogens is 1170 g/mol. The summed E-state index contributed by atoms with van der Waals surface area (Å²) in [5, 5.41) is 0. The van der Waals surface area contributed by atoms with Crippen molar-refractivity contribution >= 4 is 17.3 Å². The minimum atomic E-state index is 0.0669. The predicted molar refractivity (Wildman–Crippen MR) is 383 cm³/mol. The number of hydrogen-bond acceptors (Lipinski definition) is 10. The van der Waals surface area contributed by atoms with E-state index >= 15 is 0 Å². The predicted octanol–water partition coefficient (Wildman–Crippen LogP) is 19.8. The summed E-state index contributed by atoms with van der Waals surface area (Å²) in [4.78, 5) is 41.0. The van der Waals surface area contributed by atoms with Crippen molar-refractivity contribution in [2.24, 2.45) is 129 Å². The average Bonchev–Trinajstić information content (AvgIpc) is 1.54. The van der Waals surface area contributed by atoms with E-state index in [4.69, 9.17) is 33.2 Å². The number of benzene rings is 1. The number of hydrogen-bond donors (Lipinski definition) is 0. The second-order valence-electron chi connectivity index (χ2n) is 34.8. The molecule has 18 unspecified atom stereocenters. The Morgan fingerprint density at radius 1 is 0.628 bits per heavy atom. The molecule has 0 aromatic heterocycles. The standard InChI is InChI=1S/C84H142O10/c1-15-71(65-22-17-16-18-23-65)75-51-68(52-76(63(75)9)79(86)35-33-72-59(5)48-57(3)49-80(72)87)64-29-31-70(32-30-64)94-46-45-93-44-43-92-42-41-91-40-39-90-38-37-89-36-20-25-78(85)66-27-28-67(81(53-66)88-14)50-60(6)74-54-69(55-83(10,11)12)84(13,77-34-26-56(2)47-61(77)7)82(74)73-24-19-21-58(4)62(73)8/h27-28,53,56-65,68-77,82H,15-26,29-52,54-55H2,1-14H3/t56?,57?,58?,59?,60?,61?,62?,63?,64?,68?,69?,70?,71?,72?,73?,74?,75?,76?,77?,82?,84-/m1/s1. The van der Waals surface area contributed by atoms with Gasteiger partial charge in [-0.2, -0.15) is 0 Å². The van der Waals surface area contributed by atoms with Gasteiger partial charge in [-0.3, -0.25) is 14.4 Å². The highest BCUT2D eigenvalue weighted by molar-refractivity contribution is 5.96. The van der Waals surface area contributed by atoms with E-state index in [0.717, 1.165) is 109 Å². The first kappa shape index (κ1) is 77.5. The van der Waals surface area contributed by atoms with Crippen molar-refractivity contribution in [1.82, 2.24) is 0 Å². The van der Waals surface area contributed by atoms with Crippen LogP contribution in [0, 0.1) is 129 Å². The zero-order chi connectivity index (χ0) is 67.5. The van der Waals surface area contributed by atoms with Crippen LogP contribution in [0.25, 0.3) is 0 Å². The fourth-order valence-electron chi connectivity index (χ4n) is 22.2. The minimum Gasteiger partial charge on any atom is -0.496 e. The number of ether oxygens (including phenoxy) is 7. The van der Waals surface area contributed by atoms with Crippen LogP contribution in [0.3, 0.4) is 0 Å². The molecule has 19 atom stereocenters. The molecule has 7 aliphatic rings. The van der Waals surface area contributed by atoms with Crippen molar-refractivity contribution in [1.29, 1.82) is 0 Å². The maximum atomic E-state index is 14.4. The first-order chi connectivity index (χ1) is 45.1. The van der Waals surface area contributed by atoms with Crippen LogP contribution in [-0.2, 0) is 44.4 Å². The van der Waals surface area contributed by atoms with Gasteiger partial charge in [0.2, 0.25) is 0 Å². The van der Waals surface area contributed by atoms with Crippen LogP contribution >= 0.6 is 0 Å². The second-order valence-corrected chi connectivity index (χ2v) is 34.8. The first-order valence-corrected chi connectivity index (χ1v) is 39.9. The van der Waals surface area contributed by atoms with Crippen molar-refractivity contribution in [2.45, 2.75) is 269 Å². The van der Waals surface area contributed by atoms with Gasteiger partial charge in [0.1, 0.15) is 17.3 Å². The van der Waals surface area contributed by atoms with E-state index in [0.29, 0.717) is 168 Å². The van der Waals surface area contributed by atoms with E-state index in [2.05, 4.69) is 102 Å². The molecule has 538 valence electrons. The molecule has 0 spiro atoms. The molecule has 0 aliphatic heterocycles. The monoisotopic (exact) mass is 1310 g/mol. The molecule has 94 heavy (non-hydrogen) atoms. The molecular formula is C84H142O10. The highest BCUT2D eigenvalue weighted by Gasteiger charge is 2.61. The van der Waals surface area contributed by atoms with Gasteiger partial charge in [-0.25, -0.2) is 0 Å². The SMILES string of the molecule is CCC(C1CCCCC1)C1CC(C2CCC(OCCOCCOCCOCCOCCOCCCC(=O)c3ccc(CC(C)C4CC(CC(C)(C)C)[C@](C)(C5CCC(C)CC5C)C4C4CCCC(C)C4C)c(OC)c3)CC2)CC(C(=O)CCC2C(=O)CC(C)CC2C)C1C. The molecule has 10 heteroatoms. The van der Waals surface area contributed by atoms with E-state index in [1.807, 2.05) is 6.07 Å². The van der Waals surface area contributed by atoms with E-state index in [9.17, 15) is 14.4 Å². The fraction of sp³-hybridized carbons (Fsp3) is 0.893. The Morgan fingerprint density at radius 2 is 1.27 bits per heavy atom. The number of rotatable bonds is 36. The van der Waals surface area contributed by atoms with Gasteiger partial charge in [-0.15, -0.1) is 0 Å². The van der Waals surface area contributed by atoms with Crippen LogP contribution in [0.5, 0.6) is 5.75 Å². The van der Waals surface area contributed by atoms with Crippen molar-refractivity contribution < 1.29 is 47.5 Å². The Morgan fingerprint density at radius 3 is 1.88 bits per heavy atom. The van der Waals surface area contributed by atoms with Crippen LogP contribution in [0.15, 0.2) is 18.2 Å². The number of Topliss-reactive ketones (excluding diaryl/α,β-unsaturated/α-hetero) is 3. The third-order valence-electron chi connectivity index (χ3n) is 27.2. The second kappa shape index (κ2) is 38.0. The quantitative estimate of drug-likeness (QED) is 0.0475. The van der Waals surface area contributed by atoms with Crippen LogP contribution in [0.2, 0.25) is 0 Å². The number of carbonyl (C=O) groups excluding carboxylic acids is 3. The normalized spacial score (nSPS) is 35.3. The molecule has 0 saturated heterocycles. The lowest BCUT2D eigenvalue weighted by atomic mass is 9.50. The van der Waals surface area contributed by atoms with Crippen LogP contribution in [0.4, 0.5) is 0 Å². The summed E-state index contributed by atoms with van der Waals surface area (Å²) < 4.78 is 41.5. The molecule has 0 heterocycles. The Labute approximate surface area is 575 Å². The minimum absolute atomic E-state index is 0.0669. The van der Waals surface area contributed by atoms with Crippen molar-refractivity contribution in [3.8, 4) is 5.75 Å². The number of carbonyl (C=O) groups is 3. The molecule has 0 radical (unpaired) electrons. The van der Waals surface area contributed by atoms with Crippen LogP contribution in [-0.4, -0.2) is 103 Å². The highest BCUT2D eigenvalue weighted by Crippen LogP contribution is 2.67. The van der Waals surface area contributed by atoms with E-state index in [-0.39, 0.29) is 23.7 Å². The molecule has 7 aliphatic carbocycles. The smallest absolute Gasteiger partial charge is 0.163 e. The van der Waals surface area contributed by atoms with Gasteiger partial charge in [0.05, 0.1) is 79.3 Å². The Hall–Kier alpha value is -2.21. The summed E-state index contributed by atoms with van der Waals surface area (Å²) in [6.07, 6.45) is 31.5.